The molecular weight excluding hydrogens is 378 g/mol. The number of hydrogen-bond donors (Lipinski definition) is 1. The van der Waals surface area contributed by atoms with Crippen LogP contribution in [0.2, 0.25) is 0 Å². The second kappa shape index (κ2) is 8.75. The number of sulfone groups is 1. The molecule has 1 unspecified atom stereocenters. The number of furan rings is 1. The first kappa shape index (κ1) is 19.7. The zero-order valence-electron chi connectivity index (χ0n) is 15.4. The standard InChI is InChI=1S/C21H21NO5S/c1-16-9-11-18(12-10-16)28(24,25)20(19-8-5-13-26-19)14-22-21(23)27-15-17-6-3-2-4-7-17/h2-13,20H,14-15H2,1H3,(H,22,23). The highest BCUT2D eigenvalue weighted by Gasteiger charge is 2.32. The van der Waals surface area contributed by atoms with Crippen molar-refractivity contribution in [3.05, 3.63) is 89.9 Å². The van der Waals surface area contributed by atoms with Gasteiger partial charge in [0.2, 0.25) is 0 Å². The molecule has 0 spiro atoms. The van der Waals surface area contributed by atoms with Crippen molar-refractivity contribution < 1.29 is 22.4 Å². The fraction of sp³-hybridized carbons (Fsp3) is 0.190. The quantitative estimate of drug-likeness (QED) is 0.648. The first-order valence-electron chi connectivity index (χ1n) is 8.75. The van der Waals surface area contributed by atoms with Crippen LogP contribution in [0, 0.1) is 6.92 Å². The van der Waals surface area contributed by atoms with E-state index in [4.69, 9.17) is 9.15 Å². The number of alkyl carbamates (subject to hydrolysis) is 1. The largest absolute Gasteiger partial charge is 0.468 e. The minimum absolute atomic E-state index is 0.100. The summed E-state index contributed by atoms with van der Waals surface area (Å²) in [4.78, 5) is 12.2. The van der Waals surface area contributed by atoms with Crippen LogP contribution in [0.1, 0.15) is 22.1 Å². The number of carbonyl (C=O) groups excluding carboxylic acids is 1. The van der Waals surface area contributed by atoms with Crippen LogP contribution in [0.3, 0.4) is 0 Å². The third kappa shape index (κ3) is 4.80. The number of nitrogens with one attached hydrogen (secondary N) is 1. The van der Waals surface area contributed by atoms with Crippen LogP contribution < -0.4 is 5.32 Å². The van der Waals surface area contributed by atoms with E-state index in [1.807, 2.05) is 37.3 Å². The molecule has 1 heterocycles. The van der Waals surface area contributed by atoms with Crippen molar-refractivity contribution in [3.8, 4) is 0 Å². The van der Waals surface area contributed by atoms with E-state index in [1.165, 1.54) is 6.26 Å². The predicted octanol–water partition coefficient (Wildman–Crippen LogP) is 4.03. The van der Waals surface area contributed by atoms with Gasteiger partial charge < -0.3 is 14.5 Å². The van der Waals surface area contributed by atoms with Gasteiger partial charge in [-0.15, -0.1) is 0 Å². The second-order valence-electron chi connectivity index (χ2n) is 6.30. The lowest BCUT2D eigenvalue weighted by Gasteiger charge is -2.17. The van der Waals surface area contributed by atoms with Crippen LogP contribution in [-0.2, 0) is 21.2 Å². The molecule has 1 N–H and O–H groups in total. The maximum atomic E-state index is 13.1. The van der Waals surface area contributed by atoms with Crippen molar-refractivity contribution in [2.45, 2.75) is 23.7 Å². The Morgan fingerprint density at radius 2 is 1.75 bits per heavy atom. The molecule has 0 aliphatic carbocycles. The fourth-order valence-corrected chi connectivity index (χ4v) is 4.27. The Kier molecular flexibility index (Phi) is 6.16. The molecule has 1 amide bonds. The van der Waals surface area contributed by atoms with E-state index in [2.05, 4.69) is 5.32 Å². The van der Waals surface area contributed by atoms with Crippen molar-refractivity contribution in [1.29, 1.82) is 0 Å². The highest BCUT2D eigenvalue weighted by molar-refractivity contribution is 7.91. The average Bonchev–Trinajstić information content (AvgIpc) is 3.22. The maximum absolute atomic E-state index is 13.1. The maximum Gasteiger partial charge on any atom is 0.407 e. The van der Waals surface area contributed by atoms with Gasteiger partial charge in [0, 0.05) is 6.54 Å². The van der Waals surface area contributed by atoms with Gasteiger partial charge >= 0.3 is 6.09 Å². The fourth-order valence-electron chi connectivity index (χ4n) is 2.68. The summed E-state index contributed by atoms with van der Waals surface area (Å²) in [7, 11) is -3.77. The van der Waals surface area contributed by atoms with Crippen LogP contribution in [0.15, 0.2) is 82.3 Å². The SMILES string of the molecule is Cc1ccc(S(=O)(=O)C(CNC(=O)OCc2ccccc2)c2ccco2)cc1. The van der Waals surface area contributed by atoms with Gasteiger partial charge in [-0.25, -0.2) is 13.2 Å². The Morgan fingerprint density at radius 1 is 1.04 bits per heavy atom. The molecular formula is C21H21NO5S. The van der Waals surface area contributed by atoms with Crippen molar-refractivity contribution in [2.24, 2.45) is 0 Å². The Labute approximate surface area is 164 Å². The average molecular weight is 399 g/mol. The van der Waals surface area contributed by atoms with Crippen LogP contribution in [0.5, 0.6) is 0 Å². The van der Waals surface area contributed by atoms with Crippen LogP contribution in [0.25, 0.3) is 0 Å². The van der Waals surface area contributed by atoms with Gasteiger partial charge in [-0.1, -0.05) is 48.0 Å². The molecule has 146 valence electrons. The van der Waals surface area contributed by atoms with Gasteiger partial charge in [0.15, 0.2) is 9.84 Å². The summed E-state index contributed by atoms with van der Waals surface area (Å²) in [6.45, 7) is 1.81. The van der Waals surface area contributed by atoms with E-state index >= 15 is 0 Å². The number of hydrogen-bond acceptors (Lipinski definition) is 5. The van der Waals surface area contributed by atoms with Gasteiger partial charge in [0.05, 0.1) is 11.2 Å². The number of carbonyl (C=O) groups is 1. The summed E-state index contributed by atoms with van der Waals surface area (Å²) in [5, 5.41) is 1.47. The Bertz CT molecular complexity index is 997. The first-order valence-corrected chi connectivity index (χ1v) is 10.3. The predicted molar refractivity (Wildman–Crippen MR) is 104 cm³/mol. The summed E-state index contributed by atoms with van der Waals surface area (Å²) in [5.41, 5.74) is 1.80. The van der Waals surface area contributed by atoms with E-state index < -0.39 is 21.2 Å². The molecule has 0 fully saturated rings. The van der Waals surface area contributed by atoms with Crippen LogP contribution in [0.4, 0.5) is 4.79 Å². The molecule has 0 aliphatic rings. The summed E-state index contributed by atoms with van der Waals surface area (Å²) < 4.78 is 36.6. The van der Waals surface area contributed by atoms with E-state index in [1.54, 1.807) is 36.4 Å². The molecule has 0 aliphatic heterocycles. The molecule has 1 aromatic heterocycles. The molecule has 1 atom stereocenters. The van der Waals surface area contributed by atoms with E-state index in [0.29, 0.717) is 0 Å². The normalized spacial score (nSPS) is 12.3. The Balaban J connectivity index is 1.71. The lowest BCUT2D eigenvalue weighted by atomic mass is 10.2. The van der Waals surface area contributed by atoms with Crippen LogP contribution in [-0.4, -0.2) is 21.1 Å². The molecule has 6 nitrogen and oxygen atoms in total. The highest BCUT2D eigenvalue weighted by atomic mass is 32.2. The molecule has 0 saturated carbocycles. The highest BCUT2D eigenvalue weighted by Crippen LogP contribution is 2.29. The van der Waals surface area contributed by atoms with E-state index in [9.17, 15) is 13.2 Å². The minimum Gasteiger partial charge on any atom is -0.468 e. The summed E-state index contributed by atoms with van der Waals surface area (Å²) in [6, 6.07) is 19.0. The Hall–Kier alpha value is -3.06. The van der Waals surface area contributed by atoms with Gasteiger partial charge in [-0.3, -0.25) is 0 Å². The molecule has 2 aromatic carbocycles. The summed E-state index contributed by atoms with van der Waals surface area (Å²) >= 11 is 0. The van der Waals surface area contributed by atoms with Crippen molar-refractivity contribution >= 4 is 15.9 Å². The second-order valence-corrected chi connectivity index (χ2v) is 8.44. The summed E-state index contributed by atoms with van der Waals surface area (Å²) in [6.07, 6.45) is 0.709. The minimum atomic E-state index is -3.77. The number of aryl methyl sites for hydroxylation is 1. The first-order chi connectivity index (χ1) is 13.5. The van der Waals surface area contributed by atoms with Gasteiger partial charge in [0.25, 0.3) is 0 Å². The zero-order chi connectivity index (χ0) is 20.0. The third-order valence-corrected chi connectivity index (χ3v) is 6.31. The number of rotatable bonds is 7. The van der Waals surface area contributed by atoms with E-state index in [0.717, 1.165) is 11.1 Å². The molecule has 0 radical (unpaired) electrons. The van der Waals surface area contributed by atoms with Crippen LogP contribution >= 0.6 is 0 Å². The van der Waals surface area contributed by atoms with Gasteiger partial charge in [0.1, 0.15) is 17.6 Å². The molecule has 3 aromatic rings. The zero-order valence-corrected chi connectivity index (χ0v) is 16.2. The molecule has 7 heteroatoms. The number of amides is 1. The van der Waals surface area contributed by atoms with Gasteiger partial charge in [-0.05, 0) is 36.8 Å². The number of ether oxygens (including phenoxy) is 1. The van der Waals surface area contributed by atoms with E-state index in [-0.39, 0.29) is 23.8 Å². The smallest absolute Gasteiger partial charge is 0.407 e. The topological polar surface area (TPSA) is 85.6 Å². The van der Waals surface area contributed by atoms with Gasteiger partial charge in [-0.2, -0.15) is 0 Å². The third-order valence-electron chi connectivity index (χ3n) is 4.23. The lowest BCUT2D eigenvalue weighted by molar-refractivity contribution is 0.139. The Morgan fingerprint density at radius 3 is 2.39 bits per heavy atom. The summed E-state index contributed by atoms with van der Waals surface area (Å²) in [5.74, 6) is 0.254. The lowest BCUT2D eigenvalue weighted by Crippen LogP contribution is -2.32. The molecule has 0 saturated heterocycles. The molecule has 0 bridgehead atoms. The van der Waals surface area contributed by atoms with Crippen molar-refractivity contribution in [3.63, 3.8) is 0 Å². The van der Waals surface area contributed by atoms with Crippen molar-refractivity contribution in [1.82, 2.24) is 5.32 Å². The molecule has 28 heavy (non-hydrogen) atoms. The van der Waals surface area contributed by atoms with Crippen molar-refractivity contribution in [2.75, 3.05) is 6.54 Å². The number of benzene rings is 2. The molecule has 3 rings (SSSR count). The monoisotopic (exact) mass is 399 g/mol.